The number of hydrogen-bond donors (Lipinski definition) is 0. The van der Waals surface area contributed by atoms with E-state index in [1.807, 2.05) is 12.1 Å². The molecule has 0 unspecified atom stereocenters. The van der Waals surface area contributed by atoms with E-state index in [0.29, 0.717) is 0 Å². The minimum absolute atomic E-state index is 0.201. The van der Waals surface area contributed by atoms with Crippen molar-refractivity contribution in [2.45, 2.75) is 51.4 Å². The normalized spacial score (nSPS) is 17.4. The highest BCUT2D eigenvalue weighted by molar-refractivity contribution is 6.34. The van der Waals surface area contributed by atoms with Gasteiger partial charge >= 0.3 is 0 Å². The maximum absolute atomic E-state index is 6.66. The van der Waals surface area contributed by atoms with E-state index in [1.54, 1.807) is 0 Å². The molecular formula is C26H27Cl. The molecule has 0 heterocycles. The van der Waals surface area contributed by atoms with Crippen LogP contribution in [0.5, 0.6) is 0 Å². The fourth-order valence-electron chi connectivity index (χ4n) is 4.42. The van der Waals surface area contributed by atoms with Crippen molar-refractivity contribution in [2.24, 2.45) is 0 Å². The summed E-state index contributed by atoms with van der Waals surface area (Å²) in [5.74, 6) is 0. The van der Waals surface area contributed by atoms with Crippen molar-refractivity contribution in [1.29, 1.82) is 0 Å². The van der Waals surface area contributed by atoms with Gasteiger partial charge in [-0.3, -0.25) is 0 Å². The molecule has 138 valence electrons. The second kappa shape index (κ2) is 6.53. The van der Waals surface area contributed by atoms with E-state index in [2.05, 4.69) is 82.3 Å². The molecule has 0 nitrogen and oxygen atoms in total. The molecule has 1 aliphatic rings. The quantitative estimate of drug-likeness (QED) is 0.426. The number of hydrogen-bond acceptors (Lipinski definition) is 0. The SMILES string of the molecule is CC1(C)CCC(C)(C)c2cc(-c3cccc(Cl)c3-c3ccccc3)ccc21. The van der Waals surface area contributed by atoms with Crippen molar-refractivity contribution in [2.75, 3.05) is 0 Å². The largest absolute Gasteiger partial charge is 0.0836 e. The maximum Gasteiger partial charge on any atom is 0.0490 e. The van der Waals surface area contributed by atoms with Crippen LogP contribution < -0.4 is 0 Å². The van der Waals surface area contributed by atoms with Gasteiger partial charge in [0, 0.05) is 10.6 Å². The van der Waals surface area contributed by atoms with Gasteiger partial charge in [0.25, 0.3) is 0 Å². The standard InChI is InChI=1S/C26H27Cl/c1-25(2)15-16-26(3,4)22-17-19(13-14-21(22)25)20-11-8-12-23(27)24(20)18-9-6-5-7-10-18/h5-14,17H,15-16H2,1-4H3. The van der Waals surface area contributed by atoms with Crippen LogP contribution in [0.25, 0.3) is 22.3 Å². The molecule has 0 aliphatic heterocycles. The fraction of sp³-hybridized carbons (Fsp3) is 0.308. The molecule has 3 aromatic carbocycles. The van der Waals surface area contributed by atoms with E-state index in [-0.39, 0.29) is 10.8 Å². The molecule has 0 N–H and O–H groups in total. The van der Waals surface area contributed by atoms with Crippen molar-refractivity contribution >= 4 is 11.6 Å². The summed E-state index contributed by atoms with van der Waals surface area (Å²) in [6.45, 7) is 9.49. The predicted octanol–water partition coefficient (Wildman–Crippen LogP) is 8.02. The summed E-state index contributed by atoms with van der Waals surface area (Å²) in [6, 6.07) is 23.7. The van der Waals surface area contributed by atoms with Crippen molar-refractivity contribution in [3.05, 3.63) is 82.9 Å². The summed E-state index contributed by atoms with van der Waals surface area (Å²) in [5.41, 5.74) is 8.15. The van der Waals surface area contributed by atoms with Crippen LogP contribution in [0, 0.1) is 0 Å². The first kappa shape index (κ1) is 18.3. The Bertz CT molecular complexity index is 980. The Morgan fingerprint density at radius 2 is 1.33 bits per heavy atom. The number of rotatable bonds is 2. The highest BCUT2D eigenvalue weighted by Gasteiger charge is 2.37. The van der Waals surface area contributed by atoms with Crippen LogP contribution in [0.3, 0.4) is 0 Å². The predicted molar refractivity (Wildman–Crippen MR) is 118 cm³/mol. The Hall–Kier alpha value is -2.05. The van der Waals surface area contributed by atoms with Gasteiger partial charge in [0.15, 0.2) is 0 Å². The molecular weight excluding hydrogens is 348 g/mol. The zero-order chi connectivity index (χ0) is 19.2. The highest BCUT2D eigenvalue weighted by atomic mass is 35.5. The van der Waals surface area contributed by atoms with Gasteiger partial charge in [-0.25, -0.2) is 0 Å². The smallest absolute Gasteiger partial charge is 0.0490 e. The van der Waals surface area contributed by atoms with Crippen LogP contribution in [0.1, 0.15) is 51.7 Å². The van der Waals surface area contributed by atoms with E-state index in [9.17, 15) is 0 Å². The van der Waals surface area contributed by atoms with Crippen molar-refractivity contribution in [3.63, 3.8) is 0 Å². The first-order valence-corrected chi connectivity index (χ1v) is 10.2. The first-order valence-electron chi connectivity index (χ1n) is 9.79. The molecule has 0 bridgehead atoms. The molecule has 0 fully saturated rings. The third-order valence-electron chi connectivity index (χ3n) is 6.24. The third-order valence-corrected chi connectivity index (χ3v) is 6.55. The van der Waals surface area contributed by atoms with Crippen LogP contribution in [0.4, 0.5) is 0 Å². The Morgan fingerprint density at radius 1 is 0.667 bits per heavy atom. The second-order valence-electron chi connectivity index (χ2n) is 9.06. The molecule has 0 radical (unpaired) electrons. The van der Waals surface area contributed by atoms with Crippen LogP contribution in [0.2, 0.25) is 5.02 Å². The summed E-state index contributed by atoms with van der Waals surface area (Å²) in [4.78, 5) is 0. The Kier molecular flexibility index (Phi) is 4.43. The average molecular weight is 375 g/mol. The monoisotopic (exact) mass is 374 g/mol. The molecule has 0 saturated heterocycles. The molecule has 1 aliphatic carbocycles. The Morgan fingerprint density at radius 3 is 2.04 bits per heavy atom. The summed E-state index contributed by atoms with van der Waals surface area (Å²) in [7, 11) is 0. The lowest BCUT2D eigenvalue weighted by Crippen LogP contribution is -2.33. The van der Waals surface area contributed by atoms with E-state index in [4.69, 9.17) is 11.6 Å². The minimum Gasteiger partial charge on any atom is -0.0836 e. The second-order valence-corrected chi connectivity index (χ2v) is 9.46. The zero-order valence-electron chi connectivity index (χ0n) is 16.6. The maximum atomic E-state index is 6.66. The molecule has 1 heteroatoms. The van der Waals surface area contributed by atoms with Gasteiger partial charge < -0.3 is 0 Å². The van der Waals surface area contributed by atoms with Gasteiger partial charge in [-0.2, -0.15) is 0 Å². The van der Waals surface area contributed by atoms with Crippen molar-refractivity contribution in [3.8, 4) is 22.3 Å². The van der Waals surface area contributed by atoms with E-state index >= 15 is 0 Å². The number of benzene rings is 3. The van der Waals surface area contributed by atoms with Crippen LogP contribution in [0.15, 0.2) is 66.7 Å². The molecule has 4 rings (SSSR count). The topological polar surface area (TPSA) is 0 Å². The summed E-state index contributed by atoms with van der Waals surface area (Å²) < 4.78 is 0. The molecule has 27 heavy (non-hydrogen) atoms. The third kappa shape index (κ3) is 3.21. The van der Waals surface area contributed by atoms with Crippen LogP contribution >= 0.6 is 11.6 Å². The lowest BCUT2D eigenvalue weighted by molar-refractivity contribution is 0.332. The van der Waals surface area contributed by atoms with Gasteiger partial charge in [-0.15, -0.1) is 0 Å². The molecule has 0 saturated carbocycles. The Balaban J connectivity index is 1.93. The molecule has 0 spiro atoms. The highest BCUT2D eigenvalue weighted by Crippen LogP contribution is 2.47. The van der Waals surface area contributed by atoms with Gasteiger partial charge in [-0.05, 0) is 57.6 Å². The summed E-state index contributed by atoms with van der Waals surface area (Å²) in [5, 5.41) is 0.802. The minimum atomic E-state index is 0.201. The first-order chi connectivity index (χ1) is 12.8. The molecule has 0 amide bonds. The van der Waals surface area contributed by atoms with Crippen molar-refractivity contribution in [1.82, 2.24) is 0 Å². The van der Waals surface area contributed by atoms with Crippen LogP contribution in [-0.4, -0.2) is 0 Å². The summed E-state index contributed by atoms with van der Waals surface area (Å²) in [6.07, 6.45) is 2.45. The lowest BCUT2D eigenvalue weighted by atomic mass is 9.63. The van der Waals surface area contributed by atoms with Gasteiger partial charge in [0.2, 0.25) is 0 Å². The van der Waals surface area contributed by atoms with E-state index in [0.717, 1.165) is 16.1 Å². The van der Waals surface area contributed by atoms with Crippen molar-refractivity contribution < 1.29 is 0 Å². The number of fused-ring (bicyclic) bond motifs is 1. The van der Waals surface area contributed by atoms with E-state index < -0.39 is 0 Å². The van der Waals surface area contributed by atoms with Gasteiger partial charge in [-0.1, -0.05) is 100.0 Å². The van der Waals surface area contributed by atoms with Gasteiger partial charge in [0.05, 0.1) is 0 Å². The van der Waals surface area contributed by atoms with Crippen LogP contribution in [-0.2, 0) is 10.8 Å². The van der Waals surface area contributed by atoms with Gasteiger partial charge in [0.1, 0.15) is 0 Å². The van der Waals surface area contributed by atoms with E-state index in [1.165, 1.54) is 35.1 Å². The molecule has 3 aromatic rings. The number of halogens is 1. The summed E-state index contributed by atoms with van der Waals surface area (Å²) >= 11 is 6.66. The molecule has 0 aromatic heterocycles. The zero-order valence-corrected chi connectivity index (χ0v) is 17.4. The fourth-order valence-corrected chi connectivity index (χ4v) is 4.70. The Labute approximate surface area is 168 Å². The molecule has 0 atom stereocenters. The average Bonchev–Trinajstić information content (AvgIpc) is 2.66. The lowest BCUT2D eigenvalue weighted by Gasteiger charge is -2.42.